The number of aryl methyl sites for hydroxylation is 1. The highest BCUT2D eigenvalue weighted by Crippen LogP contribution is 2.37. The number of benzene rings is 2. The fourth-order valence-corrected chi connectivity index (χ4v) is 4.35. The molecule has 0 aliphatic carbocycles. The summed E-state index contributed by atoms with van der Waals surface area (Å²) in [6, 6.07) is 8.26. The van der Waals surface area contributed by atoms with Gasteiger partial charge in [-0.15, -0.1) is 11.3 Å². The number of rotatable bonds is 5. The van der Waals surface area contributed by atoms with Crippen molar-refractivity contribution < 1.29 is 32.5 Å². The van der Waals surface area contributed by atoms with Crippen molar-refractivity contribution in [2.24, 2.45) is 0 Å². The largest absolute Gasteiger partial charge is 0.478 e. The normalized spacial score (nSPS) is 11.1. The quantitative estimate of drug-likeness (QED) is 0.391. The molecule has 4 rings (SSSR count). The zero-order valence-electron chi connectivity index (χ0n) is 15.9. The molecule has 0 bridgehead atoms. The van der Waals surface area contributed by atoms with Crippen LogP contribution in [0.4, 0.5) is 14.5 Å². The van der Waals surface area contributed by atoms with Crippen molar-refractivity contribution in [1.82, 2.24) is 0 Å². The minimum absolute atomic E-state index is 0.0106. The van der Waals surface area contributed by atoms with Crippen LogP contribution in [0.15, 0.2) is 46.2 Å². The monoisotopic (exact) mass is 463 g/mol. The number of anilines is 1. The van der Waals surface area contributed by atoms with Crippen molar-refractivity contribution in [2.75, 3.05) is 5.32 Å². The first kappa shape index (κ1) is 21.0. The summed E-state index contributed by atoms with van der Waals surface area (Å²) in [6.07, 6.45) is 0. The van der Waals surface area contributed by atoms with E-state index in [2.05, 4.69) is 5.32 Å². The molecular weight excluding hydrogens is 450 g/mol. The van der Waals surface area contributed by atoms with Crippen molar-refractivity contribution in [1.29, 1.82) is 0 Å². The van der Waals surface area contributed by atoms with Gasteiger partial charge in [0.15, 0.2) is 5.82 Å². The summed E-state index contributed by atoms with van der Waals surface area (Å²) in [4.78, 5) is 25.0. The molecule has 6 nitrogen and oxygen atoms in total. The number of oxazole rings is 1. The summed E-state index contributed by atoms with van der Waals surface area (Å²) < 4.78 is 34.9. The van der Waals surface area contributed by atoms with Gasteiger partial charge in [0.2, 0.25) is 5.58 Å². The topological polar surface area (TPSA) is 83.4 Å². The average Bonchev–Trinajstić information content (AvgIpc) is 3.32. The van der Waals surface area contributed by atoms with Crippen LogP contribution in [0.5, 0.6) is 0 Å². The van der Waals surface area contributed by atoms with E-state index in [1.807, 2.05) is 0 Å². The molecule has 0 saturated carbocycles. The molecule has 4 aromatic rings. The maximum Gasteiger partial charge on any atom is 0.441 e. The van der Waals surface area contributed by atoms with Crippen molar-refractivity contribution in [3.8, 4) is 10.4 Å². The molecule has 10 heteroatoms. The molecule has 0 atom stereocenters. The molecule has 2 N–H and O–H groups in total. The van der Waals surface area contributed by atoms with Crippen LogP contribution < -0.4 is 9.88 Å². The van der Waals surface area contributed by atoms with Crippen LogP contribution >= 0.6 is 22.9 Å². The molecule has 0 fully saturated rings. The number of thiophene rings is 1. The van der Waals surface area contributed by atoms with Gasteiger partial charge in [0, 0.05) is 11.4 Å². The fourth-order valence-electron chi connectivity index (χ4n) is 3.24. The molecule has 2 heterocycles. The summed E-state index contributed by atoms with van der Waals surface area (Å²) in [5.74, 6) is -3.54. The summed E-state index contributed by atoms with van der Waals surface area (Å²) >= 11 is 6.73. The number of carbonyl (C=O) groups is 2. The van der Waals surface area contributed by atoms with Gasteiger partial charge in [-0.05, 0) is 30.7 Å². The van der Waals surface area contributed by atoms with E-state index in [-0.39, 0.29) is 32.6 Å². The Kier molecular flexibility index (Phi) is 5.47. The molecule has 0 radical (unpaired) electrons. The zero-order chi connectivity index (χ0) is 22.3. The Morgan fingerprint density at radius 1 is 1.23 bits per heavy atom. The second-order valence-corrected chi connectivity index (χ2v) is 7.77. The summed E-state index contributed by atoms with van der Waals surface area (Å²) in [5, 5.41) is 13.6. The number of nitrogens with one attached hydrogen (secondary N) is 1. The van der Waals surface area contributed by atoms with Gasteiger partial charge in [0.25, 0.3) is 5.52 Å². The van der Waals surface area contributed by atoms with Crippen LogP contribution in [0.25, 0.3) is 21.5 Å². The van der Waals surface area contributed by atoms with Gasteiger partial charge < -0.3 is 14.8 Å². The van der Waals surface area contributed by atoms with Crippen molar-refractivity contribution in [3.63, 3.8) is 0 Å². The van der Waals surface area contributed by atoms with Crippen LogP contribution in [0.1, 0.15) is 28.0 Å². The van der Waals surface area contributed by atoms with E-state index in [4.69, 9.17) is 16.0 Å². The molecule has 0 spiro atoms. The molecule has 0 aliphatic rings. The Labute approximate surface area is 183 Å². The van der Waals surface area contributed by atoms with Crippen LogP contribution in [0, 0.1) is 11.6 Å². The molecule has 0 unspecified atom stereocenters. The minimum atomic E-state index is -1.30. The number of halogens is 3. The first-order valence-corrected chi connectivity index (χ1v) is 10.3. The number of carbonyl (C=O) groups excluding carboxylic acids is 1. The smallest absolute Gasteiger partial charge is 0.441 e. The number of hydrogen-bond donors (Lipinski definition) is 2. The van der Waals surface area contributed by atoms with E-state index in [1.54, 1.807) is 13.0 Å². The number of amides is 1. The third kappa shape index (κ3) is 3.66. The van der Waals surface area contributed by atoms with Gasteiger partial charge in [-0.2, -0.15) is 4.57 Å². The number of para-hydroxylation sites is 1. The highest BCUT2D eigenvalue weighted by molar-refractivity contribution is 7.14. The van der Waals surface area contributed by atoms with Crippen molar-refractivity contribution in [2.45, 2.75) is 13.5 Å². The van der Waals surface area contributed by atoms with Crippen LogP contribution in [0.3, 0.4) is 0 Å². The summed E-state index contributed by atoms with van der Waals surface area (Å²) in [5.41, 5.74) is 0.436. The molecule has 31 heavy (non-hydrogen) atoms. The third-order valence-electron chi connectivity index (χ3n) is 4.63. The second kappa shape index (κ2) is 8.09. The standard InChI is InChI=1S/C21H13ClF2N2O4S/c1-2-26-15-5-3-4-12(23)17(15)30-20(26)19(27)25-14-9-31-18(16(14)21(28)29)10-6-7-11(22)13(24)8-10/h3-9H,2H2,1H3,(H-,25,27,28,29)/p+1. The minimum Gasteiger partial charge on any atom is -0.478 e. The van der Waals surface area contributed by atoms with Crippen LogP contribution in [0.2, 0.25) is 5.02 Å². The Hall–Kier alpha value is -3.30. The SMILES string of the molecule is CC[n+]1c(C(=O)Nc2csc(-c3ccc(Cl)c(F)c3)c2C(=O)O)oc2c(F)cccc21. The van der Waals surface area contributed by atoms with Crippen molar-refractivity contribution >= 4 is 51.6 Å². The Morgan fingerprint density at radius 3 is 2.68 bits per heavy atom. The van der Waals surface area contributed by atoms with Gasteiger partial charge >= 0.3 is 17.8 Å². The molecule has 0 saturated heterocycles. The molecule has 158 valence electrons. The van der Waals surface area contributed by atoms with E-state index in [0.717, 1.165) is 17.4 Å². The zero-order valence-corrected chi connectivity index (χ0v) is 17.5. The molecule has 2 aromatic carbocycles. The van der Waals surface area contributed by atoms with E-state index in [1.165, 1.54) is 34.2 Å². The Bertz CT molecular complexity index is 1350. The number of carboxylic acid groups (broad SMARTS) is 1. The summed E-state index contributed by atoms with van der Waals surface area (Å²) in [7, 11) is 0. The predicted octanol–water partition coefficient (Wildman–Crippen LogP) is 5.35. The average molecular weight is 464 g/mol. The molecule has 1 amide bonds. The van der Waals surface area contributed by atoms with E-state index in [0.29, 0.717) is 17.6 Å². The second-order valence-electron chi connectivity index (χ2n) is 6.48. The first-order chi connectivity index (χ1) is 14.8. The number of hydrogen-bond acceptors (Lipinski definition) is 4. The van der Waals surface area contributed by atoms with Crippen LogP contribution in [-0.2, 0) is 6.54 Å². The lowest BCUT2D eigenvalue weighted by Gasteiger charge is -2.05. The van der Waals surface area contributed by atoms with E-state index in [9.17, 15) is 23.5 Å². The van der Waals surface area contributed by atoms with Gasteiger partial charge in [0.05, 0.1) is 15.6 Å². The summed E-state index contributed by atoms with van der Waals surface area (Å²) in [6.45, 7) is 2.08. The predicted molar refractivity (Wildman–Crippen MR) is 112 cm³/mol. The van der Waals surface area contributed by atoms with E-state index < -0.39 is 23.5 Å². The Balaban J connectivity index is 1.75. The highest BCUT2D eigenvalue weighted by atomic mass is 35.5. The molecular formula is C21H14ClF2N2O4S+. The highest BCUT2D eigenvalue weighted by Gasteiger charge is 2.31. The maximum atomic E-state index is 14.1. The number of aromatic nitrogens is 1. The number of fused-ring (bicyclic) bond motifs is 1. The lowest BCUT2D eigenvalue weighted by Crippen LogP contribution is -2.39. The molecule has 0 aliphatic heterocycles. The fraction of sp³-hybridized carbons (Fsp3) is 0.0952. The maximum absolute atomic E-state index is 14.1. The number of aromatic carboxylic acids is 1. The van der Waals surface area contributed by atoms with Crippen LogP contribution in [-0.4, -0.2) is 17.0 Å². The van der Waals surface area contributed by atoms with Gasteiger partial charge in [0.1, 0.15) is 17.9 Å². The van der Waals surface area contributed by atoms with Gasteiger partial charge in [-0.3, -0.25) is 4.79 Å². The molecule has 2 aromatic heterocycles. The lowest BCUT2D eigenvalue weighted by molar-refractivity contribution is -0.674. The van der Waals surface area contributed by atoms with Crippen molar-refractivity contribution in [3.05, 3.63) is 69.9 Å². The van der Waals surface area contributed by atoms with Gasteiger partial charge in [-0.25, -0.2) is 13.6 Å². The van der Waals surface area contributed by atoms with E-state index >= 15 is 0 Å². The first-order valence-electron chi connectivity index (χ1n) is 9.04. The Morgan fingerprint density at radius 2 is 2.00 bits per heavy atom. The number of nitrogens with zero attached hydrogens (tertiary/aromatic N) is 1. The van der Waals surface area contributed by atoms with Gasteiger partial charge in [-0.1, -0.05) is 23.7 Å². The third-order valence-corrected chi connectivity index (χ3v) is 5.96. The number of carboxylic acids is 1. The lowest BCUT2D eigenvalue weighted by atomic mass is 10.1.